The average molecular weight is 469 g/mol. The molecule has 34 heavy (non-hydrogen) atoms. The van der Waals surface area contributed by atoms with E-state index in [1.54, 1.807) is 5.57 Å². The molecule has 2 aliphatic heterocycles. The molecule has 190 valence electrons. The third-order valence-electron chi connectivity index (χ3n) is 12.1. The van der Waals surface area contributed by atoms with Crippen LogP contribution in [0.4, 0.5) is 0 Å². The normalized spacial score (nSPS) is 51.1. The smallest absolute Gasteiger partial charge is 0.133 e. The molecule has 0 aromatic carbocycles. The zero-order chi connectivity index (χ0) is 23.8. The molecule has 2 saturated heterocycles. The first-order chi connectivity index (χ1) is 16.3. The number of Topliss-reactive ketones (excluding diaryl/α,β-unsaturated/α-hetero) is 1. The summed E-state index contributed by atoms with van der Waals surface area (Å²) in [6.45, 7) is 12.8. The highest BCUT2D eigenvalue weighted by atomic mass is 16.5. The van der Waals surface area contributed by atoms with Crippen molar-refractivity contribution in [3.63, 3.8) is 0 Å². The van der Waals surface area contributed by atoms with Crippen molar-refractivity contribution >= 4 is 5.78 Å². The number of carbonyl (C=O) groups excluding carboxylic acids is 1. The van der Waals surface area contributed by atoms with Crippen molar-refractivity contribution in [1.29, 1.82) is 0 Å². The summed E-state index contributed by atoms with van der Waals surface area (Å²) in [7, 11) is 0. The molecule has 3 saturated carbocycles. The Balaban J connectivity index is 1.27. The van der Waals surface area contributed by atoms with Gasteiger partial charge in [0.05, 0.1) is 11.7 Å². The van der Waals surface area contributed by atoms with Crippen LogP contribution < -0.4 is 5.73 Å². The van der Waals surface area contributed by atoms with Crippen LogP contribution in [0.1, 0.15) is 91.9 Å². The first-order valence-electron chi connectivity index (χ1n) is 14.6. The molecule has 10 atom stereocenters. The first kappa shape index (κ1) is 23.7. The summed E-state index contributed by atoms with van der Waals surface area (Å²) in [5.41, 5.74) is 9.90. The summed E-state index contributed by atoms with van der Waals surface area (Å²) in [5, 5.41) is 0. The van der Waals surface area contributed by atoms with Crippen molar-refractivity contribution < 1.29 is 9.53 Å². The van der Waals surface area contributed by atoms with Crippen LogP contribution in [0.3, 0.4) is 0 Å². The van der Waals surface area contributed by atoms with Crippen LogP contribution in [0.5, 0.6) is 0 Å². The maximum atomic E-state index is 12.2. The molecular weight excluding hydrogens is 420 g/mol. The molecule has 4 aliphatic carbocycles. The van der Waals surface area contributed by atoms with E-state index in [1.165, 1.54) is 45.1 Å². The zero-order valence-electron chi connectivity index (χ0n) is 22.2. The fourth-order valence-electron chi connectivity index (χ4n) is 10.4. The van der Waals surface area contributed by atoms with E-state index in [1.807, 2.05) is 5.57 Å². The van der Waals surface area contributed by atoms with Gasteiger partial charge in [-0.05, 0) is 93.3 Å². The summed E-state index contributed by atoms with van der Waals surface area (Å²) in [6, 6.07) is 0.539. The molecule has 2 heterocycles. The van der Waals surface area contributed by atoms with Crippen molar-refractivity contribution in [2.24, 2.45) is 46.7 Å². The lowest BCUT2D eigenvalue weighted by atomic mass is 9.52. The predicted molar refractivity (Wildman–Crippen MR) is 136 cm³/mol. The first-order valence-corrected chi connectivity index (χ1v) is 14.6. The number of rotatable bonds is 2. The van der Waals surface area contributed by atoms with Crippen molar-refractivity contribution in [1.82, 2.24) is 4.90 Å². The SMILES string of the molecule is CC1=C2C[C@H]3[C@@H](CCC4CC(=O)CC[C@@]43C)[C@@H]2CC[C@@]2(C1)O[C@@H]1C[C@H](C)CN(CCN)[C@H]1[C@H]2C. The Labute approximate surface area is 207 Å². The number of ketones is 1. The van der Waals surface area contributed by atoms with E-state index in [0.717, 1.165) is 56.5 Å². The Morgan fingerprint density at radius 1 is 1.15 bits per heavy atom. The van der Waals surface area contributed by atoms with E-state index in [9.17, 15) is 4.79 Å². The number of ether oxygens (including phenoxy) is 1. The minimum Gasteiger partial charge on any atom is -0.369 e. The highest BCUT2D eigenvalue weighted by Crippen LogP contribution is 2.65. The van der Waals surface area contributed by atoms with Crippen LogP contribution in [0.15, 0.2) is 11.1 Å². The van der Waals surface area contributed by atoms with E-state index in [-0.39, 0.29) is 5.60 Å². The van der Waals surface area contributed by atoms with Gasteiger partial charge in [-0.1, -0.05) is 31.9 Å². The quantitative estimate of drug-likeness (QED) is 0.555. The van der Waals surface area contributed by atoms with Crippen molar-refractivity contribution in [2.45, 2.75) is 110 Å². The van der Waals surface area contributed by atoms with Crippen LogP contribution in [-0.4, -0.2) is 48.1 Å². The maximum absolute atomic E-state index is 12.2. The molecule has 5 fully saturated rings. The van der Waals surface area contributed by atoms with Crippen molar-refractivity contribution in [3.05, 3.63) is 11.1 Å². The molecule has 6 aliphatic rings. The fraction of sp³-hybridized carbons (Fsp3) is 0.900. The van der Waals surface area contributed by atoms with Gasteiger partial charge in [-0.3, -0.25) is 9.69 Å². The Kier molecular flexibility index (Phi) is 5.86. The number of piperidine rings is 1. The lowest BCUT2D eigenvalue weighted by molar-refractivity contribution is -0.129. The Hall–Kier alpha value is -0.710. The number of fused-ring (bicyclic) bond motifs is 6. The van der Waals surface area contributed by atoms with Crippen LogP contribution >= 0.6 is 0 Å². The Bertz CT molecular complexity index is 868. The summed E-state index contributed by atoms with van der Waals surface area (Å²) in [6.07, 6.45) is 12.0. The van der Waals surface area contributed by atoms with Gasteiger partial charge in [-0.2, -0.15) is 0 Å². The van der Waals surface area contributed by atoms with Gasteiger partial charge in [0, 0.05) is 44.4 Å². The van der Waals surface area contributed by atoms with E-state index >= 15 is 0 Å². The van der Waals surface area contributed by atoms with Gasteiger partial charge in [0.15, 0.2) is 0 Å². The standard InChI is InChI=1S/C30H48N2O2/c1-18-13-27-28(32(17-18)12-11-31)20(3)30(34-27)10-8-23-24-6-5-21-14-22(33)7-9-29(21,4)26(24)15-25(23)19(2)16-30/h18,20-21,23-24,26-28H,5-17,31H2,1-4H3/t18-,20+,21?,23-,24-,26-,27+,28-,29-,30-/m0/s1. The molecule has 0 aromatic rings. The molecule has 1 unspecified atom stereocenters. The molecule has 0 amide bonds. The highest BCUT2D eigenvalue weighted by molar-refractivity contribution is 5.79. The van der Waals surface area contributed by atoms with Crippen molar-refractivity contribution in [3.8, 4) is 0 Å². The second-order valence-corrected chi connectivity index (χ2v) is 13.7. The van der Waals surface area contributed by atoms with E-state index in [4.69, 9.17) is 10.5 Å². The van der Waals surface area contributed by atoms with Crippen molar-refractivity contribution in [2.75, 3.05) is 19.6 Å². The van der Waals surface area contributed by atoms with Crippen LogP contribution in [-0.2, 0) is 9.53 Å². The van der Waals surface area contributed by atoms with E-state index in [2.05, 4.69) is 32.6 Å². The molecule has 4 heteroatoms. The monoisotopic (exact) mass is 468 g/mol. The summed E-state index contributed by atoms with van der Waals surface area (Å²) in [4.78, 5) is 14.9. The summed E-state index contributed by atoms with van der Waals surface area (Å²) < 4.78 is 7.17. The largest absolute Gasteiger partial charge is 0.369 e. The van der Waals surface area contributed by atoms with Crippen LogP contribution in [0.2, 0.25) is 0 Å². The second-order valence-electron chi connectivity index (χ2n) is 13.7. The van der Waals surface area contributed by atoms with Gasteiger partial charge >= 0.3 is 0 Å². The summed E-state index contributed by atoms with van der Waals surface area (Å²) in [5.74, 6) is 4.82. The average Bonchev–Trinajstić information content (AvgIpc) is 3.25. The van der Waals surface area contributed by atoms with Gasteiger partial charge in [-0.15, -0.1) is 0 Å². The zero-order valence-corrected chi connectivity index (χ0v) is 22.2. The van der Waals surface area contributed by atoms with Gasteiger partial charge in [0.2, 0.25) is 0 Å². The molecule has 6 rings (SSSR count). The number of hydrogen-bond acceptors (Lipinski definition) is 4. The molecule has 0 bridgehead atoms. The molecular formula is C30H48N2O2. The lowest BCUT2D eigenvalue weighted by Crippen LogP contribution is -2.53. The van der Waals surface area contributed by atoms with Gasteiger partial charge in [0.1, 0.15) is 5.78 Å². The number of nitrogens with zero attached hydrogens (tertiary/aromatic N) is 1. The molecule has 4 nitrogen and oxygen atoms in total. The Morgan fingerprint density at radius 3 is 2.76 bits per heavy atom. The van der Waals surface area contributed by atoms with Gasteiger partial charge in [-0.25, -0.2) is 0 Å². The fourth-order valence-corrected chi connectivity index (χ4v) is 10.4. The molecule has 0 aromatic heterocycles. The van der Waals surface area contributed by atoms with Crippen LogP contribution in [0, 0.1) is 40.9 Å². The minimum absolute atomic E-state index is 0.0154. The topological polar surface area (TPSA) is 55.6 Å². The molecule has 0 radical (unpaired) electrons. The number of likely N-dealkylation sites (tertiary alicyclic amines) is 1. The number of hydrogen-bond donors (Lipinski definition) is 1. The van der Waals surface area contributed by atoms with Gasteiger partial charge < -0.3 is 10.5 Å². The lowest BCUT2D eigenvalue weighted by Gasteiger charge is -2.52. The third kappa shape index (κ3) is 3.44. The minimum atomic E-state index is 0.0154. The number of carbonyl (C=O) groups is 1. The van der Waals surface area contributed by atoms with Gasteiger partial charge in [0.25, 0.3) is 0 Å². The summed E-state index contributed by atoms with van der Waals surface area (Å²) >= 11 is 0. The second kappa shape index (κ2) is 8.42. The number of allylic oxidation sites excluding steroid dienone is 1. The predicted octanol–water partition coefficient (Wildman–Crippen LogP) is 5.35. The highest BCUT2D eigenvalue weighted by Gasteiger charge is 2.60. The van der Waals surface area contributed by atoms with Crippen LogP contribution in [0.25, 0.3) is 0 Å². The maximum Gasteiger partial charge on any atom is 0.133 e. The number of nitrogens with two attached hydrogens (primary N) is 1. The Morgan fingerprint density at radius 2 is 1.97 bits per heavy atom. The third-order valence-corrected chi connectivity index (χ3v) is 12.1. The molecule has 1 spiro atoms. The van der Waals surface area contributed by atoms with E-state index in [0.29, 0.717) is 41.1 Å². The van der Waals surface area contributed by atoms with E-state index < -0.39 is 0 Å². The molecule has 2 N–H and O–H groups in total.